The van der Waals surface area contributed by atoms with Crippen LogP contribution in [0, 0.1) is 11.6 Å². The van der Waals surface area contributed by atoms with Gasteiger partial charge in [-0.05, 0) is 17.2 Å². The summed E-state index contributed by atoms with van der Waals surface area (Å²) in [6.45, 7) is 0. The summed E-state index contributed by atoms with van der Waals surface area (Å²) in [6.07, 6.45) is 0.0910. The average Bonchev–Trinajstić information content (AvgIpc) is 2.41. The first kappa shape index (κ1) is 10.8. The minimum absolute atomic E-state index is 0.0221. The lowest BCUT2D eigenvalue weighted by atomic mass is 10.1. The third kappa shape index (κ3) is 1.69. The van der Waals surface area contributed by atoms with E-state index in [9.17, 15) is 18.7 Å². The van der Waals surface area contributed by atoms with Gasteiger partial charge in [-0.1, -0.05) is 0 Å². The highest BCUT2D eigenvalue weighted by atomic mass is 19.1. The summed E-state index contributed by atoms with van der Waals surface area (Å²) in [5, 5.41) is 9.58. The van der Waals surface area contributed by atoms with Crippen LogP contribution in [0.3, 0.4) is 0 Å². The number of rotatable bonds is 1. The molecule has 1 atom stereocenters. The van der Waals surface area contributed by atoms with Gasteiger partial charge in [0.15, 0.2) is 0 Å². The van der Waals surface area contributed by atoms with Gasteiger partial charge >= 0.3 is 0 Å². The number of hydrogen-bond donors (Lipinski definition) is 2. The molecular weight excluding hydrogens is 216 g/mol. The average molecular weight is 225 g/mol. The van der Waals surface area contributed by atoms with Crippen molar-refractivity contribution in [3.05, 3.63) is 41.0 Å². The summed E-state index contributed by atoms with van der Waals surface area (Å²) in [7, 11) is 0. The second-order valence-electron chi connectivity index (χ2n) is 3.64. The number of amides is 1. The van der Waals surface area contributed by atoms with Crippen molar-refractivity contribution >= 4 is 11.5 Å². The molecular formula is C11H9F2NO2. The molecule has 1 aliphatic rings. The van der Waals surface area contributed by atoms with Gasteiger partial charge < -0.3 is 10.8 Å². The molecule has 1 amide bonds. The van der Waals surface area contributed by atoms with Crippen molar-refractivity contribution in [2.45, 2.75) is 12.5 Å². The zero-order valence-electron chi connectivity index (χ0n) is 8.21. The lowest BCUT2D eigenvalue weighted by Crippen LogP contribution is -2.06. The summed E-state index contributed by atoms with van der Waals surface area (Å²) in [5.74, 6) is -2.27. The summed E-state index contributed by atoms with van der Waals surface area (Å²) in [6, 6.07) is 1.79. The van der Waals surface area contributed by atoms with Gasteiger partial charge in [0.25, 0.3) is 0 Å². The molecule has 3 nitrogen and oxygen atoms in total. The maximum absolute atomic E-state index is 13.4. The van der Waals surface area contributed by atoms with Gasteiger partial charge in [-0.15, -0.1) is 0 Å². The van der Waals surface area contributed by atoms with Crippen LogP contribution in [0.25, 0.3) is 5.57 Å². The molecule has 3 N–H and O–H groups in total. The van der Waals surface area contributed by atoms with Crippen molar-refractivity contribution in [2.75, 3.05) is 0 Å². The lowest BCUT2D eigenvalue weighted by molar-refractivity contribution is -0.113. The summed E-state index contributed by atoms with van der Waals surface area (Å²) in [5.41, 5.74) is 5.56. The van der Waals surface area contributed by atoms with Gasteiger partial charge in [0.2, 0.25) is 5.91 Å². The second-order valence-corrected chi connectivity index (χ2v) is 3.64. The van der Waals surface area contributed by atoms with Crippen LogP contribution in [0.4, 0.5) is 8.78 Å². The molecule has 1 aromatic carbocycles. The second kappa shape index (κ2) is 3.68. The van der Waals surface area contributed by atoms with Gasteiger partial charge in [-0.2, -0.15) is 0 Å². The highest BCUT2D eigenvalue weighted by molar-refractivity contribution is 5.95. The number of primary amides is 1. The molecule has 0 radical (unpaired) electrons. The fraction of sp³-hybridized carbons (Fsp3) is 0.182. The molecule has 1 aliphatic carbocycles. The van der Waals surface area contributed by atoms with Crippen molar-refractivity contribution in [3.63, 3.8) is 0 Å². The number of fused-ring (bicyclic) bond motifs is 1. The molecule has 0 saturated carbocycles. The minimum atomic E-state index is -1.05. The maximum Gasteiger partial charge on any atom is 0.241 e. The summed E-state index contributed by atoms with van der Waals surface area (Å²) < 4.78 is 26.4. The smallest absolute Gasteiger partial charge is 0.241 e. The Balaban J connectivity index is 2.61. The molecule has 2 rings (SSSR count). The van der Waals surface area contributed by atoms with E-state index in [4.69, 9.17) is 5.73 Å². The lowest BCUT2D eigenvalue weighted by Gasteiger charge is -2.04. The number of benzene rings is 1. The van der Waals surface area contributed by atoms with E-state index in [-0.39, 0.29) is 17.5 Å². The Hall–Kier alpha value is -1.75. The van der Waals surface area contributed by atoms with Crippen molar-refractivity contribution in [3.8, 4) is 0 Å². The summed E-state index contributed by atoms with van der Waals surface area (Å²) >= 11 is 0. The normalized spacial score (nSPS) is 21.2. The van der Waals surface area contributed by atoms with E-state index in [1.807, 2.05) is 0 Å². The summed E-state index contributed by atoms with van der Waals surface area (Å²) in [4.78, 5) is 10.7. The van der Waals surface area contributed by atoms with E-state index >= 15 is 0 Å². The van der Waals surface area contributed by atoms with Gasteiger partial charge in [-0.3, -0.25) is 4.79 Å². The van der Waals surface area contributed by atoms with E-state index in [1.54, 1.807) is 0 Å². The topological polar surface area (TPSA) is 63.3 Å². The minimum Gasteiger partial charge on any atom is -0.388 e. The fourth-order valence-corrected chi connectivity index (χ4v) is 1.92. The number of halogens is 2. The standard InChI is InChI=1S/C11H9F2NO2/c12-6-3-7-5(2-10(14)16)1-9(15)11(7)8(13)4-6/h2-4,9,15H,1H2,(H2,14,16)/b5-2+/t9-/m0/s1. The van der Waals surface area contributed by atoms with E-state index in [2.05, 4.69) is 0 Å². The molecule has 16 heavy (non-hydrogen) atoms. The third-order valence-electron chi connectivity index (χ3n) is 2.50. The molecule has 0 spiro atoms. The van der Waals surface area contributed by atoms with Crippen LogP contribution in [0.5, 0.6) is 0 Å². The van der Waals surface area contributed by atoms with Crippen LogP contribution < -0.4 is 5.73 Å². The van der Waals surface area contributed by atoms with Crippen LogP contribution >= 0.6 is 0 Å². The predicted octanol–water partition coefficient (Wildman–Crippen LogP) is 1.27. The molecule has 0 fully saturated rings. The van der Waals surface area contributed by atoms with Gasteiger partial charge in [0, 0.05) is 24.1 Å². The molecule has 0 aliphatic heterocycles. The zero-order valence-corrected chi connectivity index (χ0v) is 8.21. The SMILES string of the molecule is NC(=O)/C=C1\C[C@H](O)c2c(F)cc(F)cc21. The number of aliphatic hydroxyl groups excluding tert-OH is 1. The van der Waals surface area contributed by atoms with E-state index in [1.165, 1.54) is 0 Å². The first-order valence-electron chi connectivity index (χ1n) is 4.66. The highest BCUT2D eigenvalue weighted by Gasteiger charge is 2.29. The molecule has 0 heterocycles. The Morgan fingerprint density at radius 2 is 2.19 bits per heavy atom. The van der Waals surface area contributed by atoms with Crippen molar-refractivity contribution in [1.82, 2.24) is 0 Å². The van der Waals surface area contributed by atoms with E-state index in [0.717, 1.165) is 12.1 Å². The predicted molar refractivity (Wildman–Crippen MR) is 53.1 cm³/mol. The number of hydrogen-bond acceptors (Lipinski definition) is 2. The van der Waals surface area contributed by atoms with E-state index in [0.29, 0.717) is 11.6 Å². The first-order valence-corrected chi connectivity index (χ1v) is 4.66. The molecule has 0 unspecified atom stereocenters. The van der Waals surface area contributed by atoms with Gasteiger partial charge in [-0.25, -0.2) is 8.78 Å². The molecule has 0 bridgehead atoms. The Kier molecular flexibility index (Phi) is 2.47. The Morgan fingerprint density at radius 3 is 2.81 bits per heavy atom. The first-order chi connectivity index (χ1) is 7.49. The zero-order chi connectivity index (χ0) is 11.9. The maximum atomic E-state index is 13.4. The number of carbonyl (C=O) groups is 1. The van der Waals surface area contributed by atoms with Crippen LogP contribution in [0.2, 0.25) is 0 Å². The number of carbonyl (C=O) groups excluding carboxylic acids is 1. The quantitative estimate of drug-likeness (QED) is 0.707. The van der Waals surface area contributed by atoms with Crippen LogP contribution in [0.15, 0.2) is 18.2 Å². The van der Waals surface area contributed by atoms with E-state index < -0.39 is 23.6 Å². The Morgan fingerprint density at radius 1 is 1.50 bits per heavy atom. The van der Waals surface area contributed by atoms with Gasteiger partial charge in [0.1, 0.15) is 11.6 Å². The van der Waals surface area contributed by atoms with Crippen LogP contribution in [0.1, 0.15) is 23.7 Å². The Labute approximate surface area is 90.2 Å². The highest BCUT2D eigenvalue weighted by Crippen LogP contribution is 2.41. The fourth-order valence-electron chi connectivity index (χ4n) is 1.92. The molecule has 1 aromatic rings. The van der Waals surface area contributed by atoms with Crippen molar-refractivity contribution < 1.29 is 18.7 Å². The molecule has 0 aromatic heterocycles. The third-order valence-corrected chi connectivity index (χ3v) is 2.50. The number of aliphatic hydroxyl groups is 1. The van der Waals surface area contributed by atoms with Crippen molar-refractivity contribution in [2.24, 2.45) is 5.73 Å². The molecule has 0 saturated heterocycles. The molecule has 5 heteroatoms. The van der Waals surface area contributed by atoms with Crippen LogP contribution in [-0.4, -0.2) is 11.0 Å². The Bertz CT molecular complexity index is 497. The molecule has 84 valence electrons. The van der Waals surface area contributed by atoms with Crippen molar-refractivity contribution in [1.29, 1.82) is 0 Å². The van der Waals surface area contributed by atoms with Crippen LogP contribution in [-0.2, 0) is 4.79 Å². The number of nitrogens with two attached hydrogens (primary N) is 1. The largest absolute Gasteiger partial charge is 0.388 e. The van der Waals surface area contributed by atoms with Gasteiger partial charge in [0.05, 0.1) is 6.10 Å². The monoisotopic (exact) mass is 225 g/mol.